The van der Waals surface area contributed by atoms with Gasteiger partial charge in [0.05, 0.1) is 31.1 Å². The molecule has 3 rings (SSSR count). The Morgan fingerprint density at radius 2 is 1.90 bits per heavy atom. The monoisotopic (exact) mass is 292 g/mol. The van der Waals surface area contributed by atoms with E-state index in [0.29, 0.717) is 0 Å². The Balaban J connectivity index is 1.65. The van der Waals surface area contributed by atoms with Crippen LogP contribution in [0.1, 0.15) is 19.5 Å². The van der Waals surface area contributed by atoms with Crippen LogP contribution in [0.2, 0.25) is 0 Å². The maximum Gasteiger partial charge on any atom is 0.225 e. The third-order valence-corrected chi connectivity index (χ3v) is 3.88. The predicted molar refractivity (Wildman–Crippen MR) is 80.4 cm³/mol. The molecule has 2 unspecified atom stereocenters. The van der Waals surface area contributed by atoms with Crippen molar-refractivity contribution in [2.75, 3.05) is 44.3 Å². The van der Waals surface area contributed by atoms with Crippen molar-refractivity contribution in [1.29, 1.82) is 0 Å². The lowest BCUT2D eigenvalue weighted by atomic mass is 10.2. The Kier molecular flexibility index (Phi) is 4.67. The van der Waals surface area contributed by atoms with E-state index < -0.39 is 0 Å². The van der Waals surface area contributed by atoms with Gasteiger partial charge in [0, 0.05) is 38.9 Å². The number of morpholine rings is 2. The summed E-state index contributed by atoms with van der Waals surface area (Å²) in [7, 11) is 0. The molecule has 0 saturated carbocycles. The first kappa shape index (κ1) is 14.7. The Morgan fingerprint density at radius 1 is 1.19 bits per heavy atom. The molecule has 0 radical (unpaired) electrons. The van der Waals surface area contributed by atoms with E-state index in [0.717, 1.165) is 57.6 Å². The number of aromatic nitrogens is 2. The predicted octanol–water partition coefficient (Wildman–Crippen LogP) is 0.922. The van der Waals surface area contributed by atoms with Gasteiger partial charge in [-0.25, -0.2) is 9.97 Å². The van der Waals surface area contributed by atoms with Gasteiger partial charge in [0.2, 0.25) is 5.95 Å². The van der Waals surface area contributed by atoms with Gasteiger partial charge in [0.25, 0.3) is 0 Å². The van der Waals surface area contributed by atoms with Crippen molar-refractivity contribution in [2.45, 2.75) is 32.6 Å². The van der Waals surface area contributed by atoms with Crippen LogP contribution in [0.3, 0.4) is 0 Å². The van der Waals surface area contributed by atoms with Crippen LogP contribution in [0.25, 0.3) is 0 Å². The third-order valence-electron chi connectivity index (χ3n) is 3.88. The van der Waals surface area contributed by atoms with Crippen LogP contribution in [0.5, 0.6) is 0 Å². The summed E-state index contributed by atoms with van der Waals surface area (Å²) in [6.45, 7) is 10.3. The SMILES string of the molecule is CC1CN(Cc2ccnc(N3CCOCC3)n2)CC(C)O1. The van der Waals surface area contributed by atoms with E-state index in [2.05, 4.69) is 28.6 Å². The second-order valence-corrected chi connectivity index (χ2v) is 5.90. The van der Waals surface area contributed by atoms with Gasteiger partial charge in [-0.3, -0.25) is 4.90 Å². The van der Waals surface area contributed by atoms with E-state index in [4.69, 9.17) is 14.5 Å². The standard InChI is InChI=1S/C15H24N4O2/c1-12-9-18(10-13(2)21-12)11-14-3-4-16-15(17-14)19-5-7-20-8-6-19/h3-4,12-13H,5-11H2,1-2H3. The molecule has 6 nitrogen and oxygen atoms in total. The number of hydrogen-bond donors (Lipinski definition) is 0. The molecule has 2 fully saturated rings. The molecule has 1 aromatic heterocycles. The number of hydrogen-bond acceptors (Lipinski definition) is 6. The summed E-state index contributed by atoms with van der Waals surface area (Å²) in [6, 6.07) is 2.01. The highest BCUT2D eigenvalue weighted by Crippen LogP contribution is 2.15. The summed E-state index contributed by atoms with van der Waals surface area (Å²) in [4.78, 5) is 13.7. The highest BCUT2D eigenvalue weighted by molar-refractivity contribution is 5.30. The van der Waals surface area contributed by atoms with Gasteiger partial charge in [0.1, 0.15) is 0 Å². The maximum atomic E-state index is 5.78. The van der Waals surface area contributed by atoms with Gasteiger partial charge in [-0.05, 0) is 19.9 Å². The maximum absolute atomic E-state index is 5.78. The van der Waals surface area contributed by atoms with E-state index >= 15 is 0 Å². The molecule has 116 valence electrons. The van der Waals surface area contributed by atoms with Crippen molar-refractivity contribution in [3.05, 3.63) is 18.0 Å². The highest BCUT2D eigenvalue weighted by atomic mass is 16.5. The molecule has 2 saturated heterocycles. The molecule has 3 heterocycles. The van der Waals surface area contributed by atoms with Crippen LogP contribution in [-0.2, 0) is 16.0 Å². The number of anilines is 1. The molecule has 0 bridgehead atoms. The zero-order chi connectivity index (χ0) is 14.7. The minimum absolute atomic E-state index is 0.286. The van der Waals surface area contributed by atoms with Crippen molar-refractivity contribution < 1.29 is 9.47 Å². The average Bonchev–Trinajstić information content (AvgIpc) is 2.47. The molecule has 0 N–H and O–H groups in total. The molecule has 2 atom stereocenters. The zero-order valence-corrected chi connectivity index (χ0v) is 12.9. The fourth-order valence-corrected chi connectivity index (χ4v) is 3.03. The first-order valence-electron chi connectivity index (χ1n) is 7.73. The van der Waals surface area contributed by atoms with Gasteiger partial charge in [0.15, 0.2) is 0 Å². The minimum Gasteiger partial charge on any atom is -0.378 e. The van der Waals surface area contributed by atoms with Crippen LogP contribution in [0, 0.1) is 0 Å². The summed E-state index contributed by atoms with van der Waals surface area (Å²) in [5.41, 5.74) is 1.08. The van der Waals surface area contributed by atoms with Gasteiger partial charge in [-0.15, -0.1) is 0 Å². The van der Waals surface area contributed by atoms with Crippen LogP contribution in [-0.4, -0.2) is 66.5 Å². The molecule has 0 spiro atoms. The summed E-state index contributed by atoms with van der Waals surface area (Å²) < 4.78 is 11.2. The van der Waals surface area contributed by atoms with E-state index in [1.54, 1.807) is 0 Å². The van der Waals surface area contributed by atoms with Crippen LogP contribution >= 0.6 is 0 Å². The second-order valence-electron chi connectivity index (χ2n) is 5.90. The first-order valence-corrected chi connectivity index (χ1v) is 7.73. The number of rotatable bonds is 3. The van der Waals surface area contributed by atoms with Gasteiger partial charge < -0.3 is 14.4 Å². The molecule has 1 aromatic rings. The molecular formula is C15H24N4O2. The van der Waals surface area contributed by atoms with E-state index in [1.807, 2.05) is 12.3 Å². The van der Waals surface area contributed by atoms with Crippen molar-refractivity contribution in [3.63, 3.8) is 0 Å². The average molecular weight is 292 g/mol. The van der Waals surface area contributed by atoms with Crippen molar-refractivity contribution in [1.82, 2.24) is 14.9 Å². The Morgan fingerprint density at radius 3 is 2.62 bits per heavy atom. The topological polar surface area (TPSA) is 50.7 Å². The molecular weight excluding hydrogens is 268 g/mol. The molecule has 6 heteroatoms. The summed E-state index contributed by atoms with van der Waals surface area (Å²) >= 11 is 0. The fourth-order valence-electron chi connectivity index (χ4n) is 3.03. The van der Waals surface area contributed by atoms with Crippen LogP contribution in [0.15, 0.2) is 12.3 Å². The molecule has 0 aliphatic carbocycles. The van der Waals surface area contributed by atoms with Crippen LogP contribution in [0.4, 0.5) is 5.95 Å². The van der Waals surface area contributed by atoms with Crippen molar-refractivity contribution in [2.24, 2.45) is 0 Å². The first-order chi connectivity index (χ1) is 10.2. The summed E-state index contributed by atoms with van der Waals surface area (Å²) in [5.74, 6) is 0.824. The van der Waals surface area contributed by atoms with E-state index in [1.165, 1.54) is 0 Å². The highest BCUT2D eigenvalue weighted by Gasteiger charge is 2.22. The third kappa shape index (κ3) is 3.90. The smallest absolute Gasteiger partial charge is 0.225 e. The van der Waals surface area contributed by atoms with Gasteiger partial charge in [-0.2, -0.15) is 0 Å². The number of nitrogens with zero attached hydrogens (tertiary/aromatic N) is 4. The normalized spacial score (nSPS) is 27.8. The Labute approximate surface area is 126 Å². The Bertz CT molecular complexity index is 455. The van der Waals surface area contributed by atoms with Crippen molar-refractivity contribution in [3.8, 4) is 0 Å². The molecule has 0 amide bonds. The summed E-state index contributed by atoms with van der Waals surface area (Å²) in [5, 5.41) is 0. The largest absolute Gasteiger partial charge is 0.378 e. The lowest BCUT2D eigenvalue weighted by molar-refractivity contribution is -0.0707. The van der Waals surface area contributed by atoms with Gasteiger partial charge >= 0.3 is 0 Å². The van der Waals surface area contributed by atoms with Gasteiger partial charge in [-0.1, -0.05) is 0 Å². The molecule has 2 aliphatic heterocycles. The fraction of sp³-hybridized carbons (Fsp3) is 0.733. The Hall–Kier alpha value is -1.24. The van der Waals surface area contributed by atoms with E-state index in [9.17, 15) is 0 Å². The number of ether oxygens (including phenoxy) is 2. The lowest BCUT2D eigenvalue weighted by Crippen LogP contribution is -2.45. The van der Waals surface area contributed by atoms with Crippen molar-refractivity contribution >= 4 is 5.95 Å². The zero-order valence-electron chi connectivity index (χ0n) is 12.9. The molecule has 2 aliphatic rings. The van der Waals surface area contributed by atoms with Crippen LogP contribution < -0.4 is 4.90 Å². The minimum atomic E-state index is 0.286. The van der Waals surface area contributed by atoms with E-state index in [-0.39, 0.29) is 12.2 Å². The molecule has 0 aromatic carbocycles. The quantitative estimate of drug-likeness (QED) is 0.826. The second kappa shape index (κ2) is 6.68. The molecule has 21 heavy (non-hydrogen) atoms. The summed E-state index contributed by atoms with van der Waals surface area (Å²) in [6.07, 6.45) is 2.43. The lowest BCUT2D eigenvalue weighted by Gasteiger charge is -2.35.